The number of carbonyl (C=O) groups excluding carboxylic acids is 1. The minimum absolute atomic E-state index is 0.00468. The number of anilines is 1. The van der Waals surface area contributed by atoms with Gasteiger partial charge >= 0.3 is 0 Å². The van der Waals surface area contributed by atoms with Gasteiger partial charge in [-0.05, 0) is 25.1 Å². The Bertz CT molecular complexity index is 405. The quantitative estimate of drug-likeness (QED) is 0.795. The monoisotopic (exact) mass is 264 g/mol. The zero-order valence-electron chi connectivity index (χ0n) is 12.2. The van der Waals surface area contributed by atoms with Gasteiger partial charge in [0.1, 0.15) is 5.75 Å². The van der Waals surface area contributed by atoms with Crippen LogP contribution < -0.4 is 15.4 Å². The molecule has 1 aromatic rings. The first-order chi connectivity index (χ1) is 9.04. The number of hydrogen-bond acceptors (Lipinski definition) is 3. The molecule has 0 radical (unpaired) electrons. The molecule has 1 amide bonds. The van der Waals surface area contributed by atoms with E-state index in [-0.39, 0.29) is 11.8 Å². The number of ether oxygens (including phenoxy) is 1. The molecular formula is C15H24N2O2. The maximum absolute atomic E-state index is 12.0. The van der Waals surface area contributed by atoms with Crippen LogP contribution in [0.15, 0.2) is 24.3 Å². The van der Waals surface area contributed by atoms with E-state index in [0.717, 1.165) is 11.4 Å². The van der Waals surface area contributed by atoms with Crippen molar-refractivity contribution in [1.82, 2.24) is 5.32 Å². The Labute approximate surface area is 115 Å². The highest BCUT2D eigenvalue weighted by atomic mass is 16.5. The fourth-order valence-electron chi connectivity index (χ4n) is 1.61. The third kappa shape index (κ3) is 5.30. The zero-order valence-corrected chi connectivity index (χ0v) is 12.2. The van der Waals surface area contributed by atoms with Gasteiger partial charge < -0.3 is 15.4 Å². The Kier molecular flexibility index (Phi) is 6.36. The van der Waals surface area contributed by atoms with Crippen molar-refractivity contribution in [2.45, 2.75) is 20.8 Å². The Morgan fingerprint density at radius 2 is 1.95 bits per heavy atom. The summed E-state index contributed by atoms with van der Waals surface area (Å²) in [4.78, 5) is 12.0. The highest BCUT2D eigenvalue weighted by Crippen LogP contribution is 2.24. The summed E-state index contributed by atoms with van der Waals surface area (Å²) in [5.41, 5.74) is 0.733. The molecule has 0 aliphatic rings. The minimum atomic E-state index is -0.0804. The van der Waals surface area contributed by atoms with Gasteiger partial charge in [-0.3, -0.25) is 4.79 Å². The average molecular weight is 264 g/mol. The number of hydrogen-bond donors (Lipinski definition) is 2. The summed E-state index contributed by atoms with van der Waals surface area (Å²) in [6.07, 6.45) is 0. The summed E-state index contributed by atoms with van der Waals surface area (Å²) >= 11 is 0. The number of para-hydroxylation sites is 2. The van der Waals surface area contributed by atoms with Gasteiger partial charge in [0.2, 0.25) is 5.91 Å². The fraction of sp³-hybridized carbons (Fsp3) is 0.533. The molecule has 1 rings (SSSR count). The third-order valence-corrected chi connectivity index (χ3v) is 2.67. The second-order valence-corrected chi connectivity index (χ2v) is 5.15. The van der Waals surface area contributed by atoms with Crippen LogP contribution in [0.4, 0.5) is 5.69 Å². The standard InChI is InChI=1S/C15H24N2O2/c1-11(2)10-19-14-8-6-5-7-13(14)17-15(18)12(3)9-16-4/h5-8,11-12,16H,9-10H2,1-4H3,(H,17,18). The Morgan fingerprint density at radius 1 is 1.26 bits per heavy atom. The Balaban J connectivity index is 2.69. The van der Waals surface area contributed by atoms with Gasteiger partial charge in [-0.1, -0.05) is 32.9 Å². The summed E-state index contributed by atoms with van der Waals surface area (Å²) in [6.45, 7) is 7.37. The van der Waals surface area contributed by atoms with Crippen LogP contribution >= 0.6 is 0 Å². The van der Waals surface area contributed by atoms with Gasteiger partial charge in [0.25, 0.3) is 0 Å². The number of rotatable bonds is 7. The molecule has 1 atom stereocenters. The third-order valence-electron chi connectivity index (χ3n) is 2.67. The van der Waals surface area contributed by atoms with Gasteiger partial charge in [-0.2, -0.15) is 0 Å². The van der Waals surface area contributed by atoms with E-state index in [1.165, 1.54) is 0 Å². The molecule has 4 heteroatoms. The van der Waals surface area contributed by atoms with E-state index in [4.69, 9.17) is 4.74 Å². The van der Waals surface area contributed by atoms with Crippen molar-refractivity contribution in [3.63, 3.8) is 0 Å². The lowest BCUT2D eigenvalue weighted by molar-refractivity contribution is -0.119. The molecule has 2 N–H and O–H groups in total. The molecule has 0 heterocycles. The molecule has 0 bridgehead atoms. The smallest absolute Gasteiger partial charge is 0.228 e. The lowest BCUT2D eigenvalue weighted by atomic mass is 10.1. The van der Waals surface area contributed by atoms with Crippen molar-refractivity contribution in [3.05, 3.63) is 24.3 Å². The molecule has 0 saturated carbocycles. The maximum atomic E-state index is 12.0. The van der Waals surface area contributed by atoms with Gasteiger partial charge in [0.15, 0.2) is 0 Å². The SMILES string of the molecule is CNCC(C)C(=O)Nc1ccccc1OCC(C)C. The summed E-state index contributed by atoms with van der Waals surface area (Å²) in [5.74, 6) is 1.09. The van der Waals surface area contributed by atoms with E-state index in [2.05, 4.69) is 24.5 Å². The topological polar surface area (TPSA) is 50.4 Å². The van der Waals surface area contributed by atoms with Crippen LogP contribution in [-0.4, -0.2) is 26.1 Å². The molecule has 106 valence electrons. The zero-order chi connectivity index (χ0) is 14.3. The first kappa shape index (κ1) is 15.5. The first-order valence-corrected chi connectivity index (χ1v) is 6.72. The molecule has 1 aromatic carbocycles. The summed E-state index contributed by atoms with van der Waals surface area (Å²) in [6, 6.07) is 7.53. The Morgan fingerprint density at radius 3 is 2.58 bits per heavy atom. The van der Waals surface area contributed by atoms with E-state index in [0.29, 0.717) is 19.1 Å². The molecule has 0 saturated heterocycles. The number of nitrogens with one attached hydrogen (secondary N) is 2. The molecule has 19 heavy (non-hydrogen) atoms. The van der Waals surface area contributed by atoms with E-state index < -0.39 is 0 Å². The van der Waals surface area contributed by atoms with Crippen molar-refractivity contribution < 1.29 is 9.53 Å². The largest absolute Gasteiger partial charge is 0.491 e. The predicted molar refractivity (Wildman–Crippen MR) is 78.5 cm³/mol. The predicted octanol–water partition coefficient (Wildman–Crippen LogP) is 2.52. The van der Waals surface area contributed by atoms with Gasteiger partial charge in [0.05, 0.1) is 12.3 Å². The molecule has 0 aromatic heterocycles. The number of carbonyl (C=O) groups is 1. The van der Waals surface area contributed by atoms with Gasteiger partial charge in [-0.15, -0.1) is 0 Å². The molecule has 0 aliphatic heterocycles. The number of benzene rings is 1. The van der Waals surface area contributed by atoms with Crippen molar-refractivity contribution in [1.29, 1.82) is 0 Å². The molecule has 0 spiro atoms. The van der Waals surface area contributed by atoms with Gasteiger partial charge in [0, 0.05) is 12.5 Å². The highest BCUT2D eigenvalue weighted by molar-refractivity contribution is 5.93. The van der Waals surface area contributed by atoms with Crippen LogP contribution in [0.3, 0.4) is 0 Å². The molecule has 1 unspecified atom stereocenters. The van der Waals surface area contributed by atoms with Crippen molar-refractivity contribution in [2.24, 2.45) is 11.8 Å². The average Bonchev–Trinajstić information content (AvgIpc) is 2.37. The van der Waals surface area contributed by atoms with Crippen LogP contribution in [0.5, 0.6) is 5.75 Å². The van der Waals surface area contributed by atoms with Crippen LogP contribution in [0.2, 0.25) is 0 Å². The summed E-state index contributed by atoms with van der Waals surface area (Å²) < 4.78 is 5.71. The minimum Gasteiger partial charge on any atom is -0.491 e. The highest BCUT2D eigenvalue weighted by Gasteiger charge is 2.14. The Hall–Kier alpha value is -1.55. The lowest BCUT2D eigenvalue weighted by Gasteiger charge is -2.16. The van der Waals surface area contributed by atoms with Crippen LogP contribution in [0.25, 0.3) is 0 Å². The second-order valence-electron chi connectivity index (χ2n) is 5.15. The lowest BCUT2D eigenvalue weighted by Crippen LogP contribution is -2.28. The van der Waals surface area contributed by atoms with Crippen LogP contribution in [0.1, 0.15) is 20.8 Å². The van der Waals surface area contributed by atoms with Gasteiger partial charge in [-0.25, -0.2) is 0 Å². The van der Waals surface area contributed by atoms with Crippen molar-refractivity contribution in [2.75, 3.05) is 25.5 Å². The normalized spacial score (nSPS) is 12.3. The van der Waals surface area contributed by atoms with Crippen molar-refractivity contribution >= 4 is 11.6 Å². The molecule has 4 nitrogen and oxygen atoms in total. The van der Waals surface area contributed by atoms with E-state index in [1.807, 2.05) is 38.2 Å². The van der Waals surface area contributed by atoms with Crippen LogP contribution in [-0.2, 0) is 4.79 Å². The van der Waals surface area contributed by atoms with E-state index in [9.17, 15) is 4.79 Å². The molecular weight excluding hydrogens is 240 g/mol. The van der Waals surface area contributed by atoms with Crippen LogP contribution in [0, 0.1) is 11.8 Å². The first-order valence-electron chi connectivity index (χ1n) is 6.72. The second kappa shape index (κ2) is 7.79. The number of amides is 1. The molecule has 0 fully saturated rings. The summed E-state index contributed by atoms with van der Waals surface area (Å²) in [5, 5.41) is 5.91. The molecule has 0 aliphatic carbocycles. The van der Waals surface area contributed by atoms with Crippen molar-refractivity contribution in [3.8, 4) is 5.75 Å². The fourth-order valence-corrected chi connectivity index (χ4v) is 1.61. The maximum Gasteiger partial charge on any atom is 0.228 e. The van der Waals surface area contributed by atoms with E-state index in [1.54, 1.807) is 0 Å². The summed E-state index contributed by atoms with van der Waals surface area (Å²) in [7, 11) is 1.84. The van der Waals surface area contributed by atoms with E-state index >= 15 is 0 Å².